The number of para-hydroxylation sites is 1. The summed E-state index contributed by atoms with van der Waals surface area (Å²) in [5.41, 5.74) is 5.39. The number of nitrogens with one attached hydrogen (secondary N) is 2. The van der Waals surface area contributed by atoms with Gasteiger partial charge in [0, 0.05) is 17.6 Å². The first kappa shape index (κ1) is 24.2. The summed E-state index contributed by atoms with van der Waals surface area (Å²) in [5.74, 6) is 0.995. The third kappa shape index (κ3) is 5.84. The number of piperidine rings is 1. The Hall–Kier alpha value is -3.47. The summed E-state index contributed by atoms with van der Waals surface area (Å²) < 4.78 is 24.6. The molecule has 1 fully saturated rings. The lowest BCUT2D eigenvalue weighted by Gasteiger charge is -2.29. The Morgan fingerprint density at radius 2 is 1.69 bits per heavy atom. The van der Waals surface area contributed by atoms with Crippen molar-refractivity contribution in [2.45, 2.75) is 25.2 Å². The molecule has 0 aliphatic carbocycles. The standard InChI is InChI=1S/C26H31N7O2S/c1-32-16-12-20(13-17-32)19-8-10-22(11-9-19)28-26-30-25-24(7-4-15-33(25)31-26)29-23-6-3-2-5-21(23)14-18-36(27,34)35/h2-11,15,20,29H,12-14,16-18H2,1H3,(H,28,31)(H2,27,34,35). The third-order valence-corrected chi connectivity index (χ3v) is 7.43. The molecule has 2 aromatic heterocycles. The van der Waals surface area contributed by atoms with Crippen molar-refractivity contribution in [2.75, 3.05) is 36.5 Å². The molecule has 36 heavy (non-hydrogen) atoms. The highest BCUT2D eigenvalue weighted by molar-refractivity contribution is 7.89. The molecule has 4 aromatic rings. The lowest BCUT2D eigenvalue weighted by molar-refractivity contribution is 0.255. The van der Waals surface area contributed by atoms with E-state index in [1.165, 1.54) is 18.4 Å². The zero-order chi connectivity index (χ0) is 25.1. The molecular weight excluding hydrogens is 474 g/mol. The van der Waals surface area contributed by atoms with Gasteiger partial charge in [-0.2, -0.15) is 4.98 Å². The number of rotatable bonds is 8. The van der Waals surface area contributed by atoms with Gasteiger partial charge in [-0.05, 0) is 86.8 Å². The monoisotopic (exact) mass is 505 g/mol. The van der Waals surface area contributed by atoms with Crippen LogP contribution in [0.1, 0.15) is 29.9 Å². The molecule has 5 rings (SSSR count). The molecule has 0 atom stereocenters. The number of aryl methyl sites for hydroxylation is 1. The number of hydrogen-bond acceptors (Lipinski definition) is 7. The highest BCUT2D eigenvalue weighted by atomic mass is 32.2. The molecule has 0 unspecified atom stereocenters. The number of fused-ring (bicyclic) bond motifs is 1. The van der Waals surface area contributed by atoms with E-state index < -0.39 is 10.0 Å². The first-order valence-electron chi connectivity index (χ1n) is 12.1. The Morgan fingerprint density at radius 1 is 0.972 bits per heavy atom. The van der Waals surface area contributed by atoms with Crippen LogP contribution in [-0.2, 0) is 16.4 Å². The van der Waals surface area contributed by atoms with E-state index in [1.54, 1.807) is 4.52 Å². The molecular formula is C26H31N7O2S. The quantitative estimate of drug-likeness (QED) is 0.333. The van der Waals surface area contributed by atoms with Crippen LogP contribution in [0.25, 0.3) is 5.65 Å². The first-order valence-corrected chi connectivity index (χ1v) is 13.8. The second-order valence-electron chi connectivity index (χ2n) is 9.35. The molecule has 0 radical (unpaired) electrons. The van der Waals surface area contributed by atoms with Crippen LogP contribution in [0.5, 0.6) is 0 Å². The van der Waals surface area contributed by atoms with E-state index in [9.17, 15) is 8.42 Å². The molecule has 188 valence electrons. The van der Waals surface area contributed by atoms with Crippen LogP contribution in [0, 0.1) is 0 Å². The fourth-order valence-corrected chi connectivity index (χ4v) is 5.13. The molecule has 0 bridgehead atoms. The summed E-state index contributed by atoms with van der Waals surface area (Å²) in [6.07, 6.45) is 4.55. The summed E-state index contributed by atoms with van der Waals surface area (Å²) >= 11 is 0. The van der Waals surface area contributed by atoms with Crippen molar-refractivity contribution in [2.24, 2.45) is 5.14 Å². The normalized spacial score (nSPS) is 15.3. The van der Waals surface area contributed by atoms with Crippen molar-refractivity contribution in [3.05, 3.63) is 78.0 Å². The number of pyridine rings is 1. The van der Waals surface area contributed by atoms with Crippen LogP contribution in [0.2, 0.25) is 0 Å². The minimum atomic E-state index is -3.55. The second kappa shape index (κ2) is 10.3. The Bertz CT molecular complexity index is 1440. The average Bonchev–Trinajstić information content (AvgIpc) is 3.27. The number of nitrogens with zero attached hydrogens (tertiary/aromatic N) is 4. The molecule has 1 aliphatic heterocycles. The maximum absolute atomic E-state index is 11.4. The van der Waals surface area contributed by atoms with Gasteiger partial charge in [-0.3, -0.25) is 0 Å². The Morgan fingerprint density at radius 3 is 2.44 bits per heavy atom. The summed E-state index contributed by atoms with van der Waals surface area (Å²) in [7, 11) is -1.37. The fraction of sp³-hybridized carbons (Fsp3) is 0.308. The van der Waals surface area contributed by atoms with Gasteiger partial charge >= 0.3 is 0 Å². The number of nitrogens with two attached hydrogens (primary N) is 1. The van der Waals surface area contributed by atoms with E-state index in [4.69, 9.17) is 10.1 Å². The van der Waals surface area contributed by atoms with Crippen LogP contribution in [0.15, 0.2) is 66.9 Å². The summed E-state index contributed by atoms with van der Waals surface area (Å²) in [4.78, 5) is 7.08. The lowest BCUT2D eigenvalue weighted by Crippen LogP contribution is -2.29. The molecule has 9 nitrogen and oxygen atoms in total. The second-order valence-corrected chi connectivity index (χ2v) is 11.1. The van der Waals surface area contributed by atoms with Gasteiger partial charge in [-0.15, -0.1) is 5.10 Å². The molecule has 10 heteroatoms. The van der Waals surface area contributed by atoms with Crippen LogP contribution in [-0.4, -0.2) is 53.8 Å². The maximum Gasteiger partial charge on any atom is 0.247 e. The van der Waals surface area contributed by atoms with E-state index in [-0.39, 0.29) is 5.75 Å². The van der Waals surface area contributed by atoms with Crippen molar-refractivity contribution < 1.29 is 8.42 Å². The van der Waals surface area contributed by atoms with Gasteiger partial charge < -0.3 is 15.5 Å². The SMILES string of the molecule is CN1CCC(c2ccc(Nc3nc4c(Nc5ccccc5CCS(N)(=O)=O)cccn4n3)cc2)CC1. The lowest BCUT2D eigenvalue weighted by atomic mass is 9.89. The highest BCUT2D eigenvalue weighted by Gasteiger charge is 2.18. The number of likely N-dealkylation sites (tertiary alicyclic amines) is 1. The van der Waals surface area contributed by atoms with E-state index >= 15 is 0 Å². The Labute approximate surface area is 211 Å². The molecule has 3 heterocycles. The first-order chi connectivity index (χ1) is 17.3. The zero-order valence-electron chi connectivity index (χ0n) is 20.3. The molecule has 0 saturated carbocycles. The van der Waals surface area contributed by atoms with Gasteiger partial charge in [-0.25, -0.2) is 18.1 Å². The number of sulfonamides is 1. The van der Waals surface area contributed by atoms with Crippen molar-refractivity contribution in [3.8, 4) is 0 Å². The van der Waals surface area contributed by atoms with Crippen LogP contribution in [0.3, 0.4) is 0 Å². The molecule has 1 aliphatic rings. The molecule has 4 N–H and O–H groups in total. The van der Waals surface area contributed by atoms with Crippen molar-refractivity contribution >= 4 is 38.7 Å². The topological polar surface area (TPSA) is 118 Å². The molecule has 2 aromatic carbocycles. The Kier molecular flexibility index (Phi) is 6.90. The van der Waals surface area contributed by atoms with Crippen molar-refractivity contribution in [3.63, 3.8) is 0 Å². The Balaban J connectivity index is 1.32. The van der Waals surface area contributed by atoms with Crippen molar-refractivity contribution in [1.82, 2.24) is 19.5 Å². The minimum Gasteiger partial charge on any atom is -0.352 e. The number of hydrogen-bond donors (Lipinski definition) is 3. The number of aromatic nitrogens is 3. The van der Waals surface area contributed by atoms with Gasteiger partial charge in [0.05, 0.1) is 11.4 Å². The minimum absolute atomic E-state index is 0.120. The van der Waals surface area contributed by atoms with E-state index in [2.05, 4.69) is 51.9 Å². The largest absolute Gasteiger partial charge is 0.352 e. The zero-order valence-corrected chi connectivity index (χ0v) is 21.1. The predicted molar refractivity (Wildman–Crippen MR) is 144 cm³/mol. The van der Waals surface area contributed by atoms with E-state index in [0.717, 1.165) is 35.7 Å². The molecule has 1 saturated heterocycles. The molecule has 0 amide bonds. The number of benzene rings is 2. The van der Waals surface area contributed by atoms with Crippen LogP contribution >= 0.6 is 0 Å². The van der Waals surface area contributed by atoms with Crippen LogP contribution < -0.4 is 15.8 Å². The van der Waals surface area contributed by atoms with Gasteiger partial charge in [0.2, 0.25) is 16.0 Å². The summed E-state index contributed by atoms with van der Waals surface area (Å²) in [6.45, 7) is 2.28. The summed E-state index contributed by atoms with van der Waals surface area (Å²) in [5, 5.41) is 16.5. The maximum atomic E-state index is 11.4. The smallest absolute Gasteiger partial charge is 0.247 e. The van der Waals surface area contributed by atoms with Gasteiger partial charge in [0.1, 0.15) is 0 Å². The van der Waals surface area contributed by atoms with Crippen LogP contribution in [0.4, 0.5) is 23.0 Å². The highest BCUT2D eigenvalue weighted by Crippen LogP contribution is 2.29. The average molecular weight is 506 g/mol. The fourth-order valence-electron chi connectivity index (χ4n) is 4.62. The van der Waals surface area contributed by atoms with Gasteiger partial charge in [0.15, 0.2) is 5.65 Å². The van der Waals surface area contributed by atoms with Gasteiger partial charge in [0.25, 0.3) is 0 Å². The number of primary sulfonamides is 1. The van der Waals surface area contributed by atoms with Gasteiger partial charge in [-0.1, -0.05) is 30.3 Å². The summed E-state index contributed by atoms with van der Waals surface area (Å²) in [6, 6.07) is 19.9. The molecule has 0 spiro atoms. The predicted octanol–water partition coefficient (Wildman–Crippen LogP) is 3.86. The van der Waals surface area contributed by atoms with E-state index in [0.29, 0.717) is 23.9 Å². The number of anilines is 4. The van der Waals surface area contributed by atoms with Crippen molar-refractivity contribution in [1.29, 1.82) is 0 Å². The third-order valence-electron chi connectivity index (χ3n) is 6.66. The van der Waals surface area contributed by atoms with E-state index in [1.807, 2.05) is 42.6 Å².